The Hall–Kier alpha value is -1.35. The summed E-state index contributed by atoms with van der Waals surface area (Å²) >= 11 is 0. The number of methoxy groups -OCH3 is 1. The van der Waals surface area contributed by atoms with Crippen molar-refractivity contribution in [3.05, 3.63) is 34.9 Å². The fraction of sp³-hybridized carbons (Fsp3) is 0.533. The summed E-state index contributed by atoms with van der Waals surface area (Å²) in [7, 11) is 1.44. The van der Waals surface area contributed by atoms with Gasteiger partial charge >= 0.3 is 5.97 Å². The second kappa shape index (κ2) is 4.73. The molecule has 0 heterocycles. The van der Waals surface area contributed by atoms with Gasteiger partial charge in [-0.15, -0.1) is 0 Å². The van der Waals surface area contributed by atoms with Crippen LogP contribution in [0.2, 0.25) is 0 Å². The SMILES string of the molecule is COC(=O)C1(C(N)c2ccc(C)c(C)c2)CCC1. The van der Waals surface area contributed by atoms with Crippen molar-refractivity contribution < 1.29 is 9.53 Å². The van der Waals surface area contributed by atoms with Crippen LogP contribution in [0.15, 0.2) is 18.2 Å². The molecule has 1 aromatic rings. The van der Waals surface area contributed by atoms with Crippen molar-refractivity contribution >= 4 is 5.97 Å². The summed E-state index contributed by atoms with van der Waals surface area (Å²) in [6, 6.07) is 5.91. The van der Waals surface area contributed by atoms with Crippen LogP contribution in [0.25, 0.3) is 0 Å². The normalized spacial score (nSPS) is 18.9. The van der Waals surface area contributed by atoms with Crippen molar-refractivity contribution in [3.63, 3.8) is 0 Å². The fourth-order valence-electron chi connectivity index (χ4n) is 2.68. The number of benzene rings is 1. The molecule has 0 amide bonds. The summed E-state index contributed by atoms with van der Waals surface area (Å²) < 4.78 is 4.94. The highest BCUT2D eigenvalue weighted by Crippen LogP contribution is 2.50. The molecule has 0 saturated heterocycles. The van der Waals surface area contributed by atoms with Gasteiger partial charge in [0.2, 0.25) is 0 Å². The molecule has 1 saturated carbocycles. The first-order valence-corrected chi connectivity index (χ1v) is 6.42. The lowest BCUT2D eigenvalue weighted by Crippen LogP contribution is -2.47. The van der Waals surface area contributed by atoms with E-state index in [1.807, 2.05) is 6.07 Å². The summed E-state index contributed by atoms with van der Waals surface area (Å²) in [5.74, 6) is -0.167. The van der Waals surface area contributed by atoms with Crippen LogP contribution < -0.4 is 5.73 Å². The van der Waals surface area contributed by atoms with Crippen molar-refractivity contribution in [2.24, 2.45) is 11.1 Å². The van der Waals surface area contributed by atoms with Crippen LogP contribution in [0.3, 0.4) is 0 Å². The van der Waals surface area contributed by atoms with Gasteiger partial charge < -0.3 is 10.5 Å². The average molecular weight is 247 g/mol. The molecule has 18 heavy (non-hydrogen) atoms. The molecule has 1 atom stereocenters. The second-order valence-corrected chi connectivity index (χ2v) is 5.32. The van der Waals surface area contributed by atoms with Crippen LogP contribution >= 0.6 is 0 Å². The quantitative estimate of drug-likeness (QED) is 0.835. The summed E-state index contributed by atoms with van der Waals surface area (Å²) in [6.07, 6.45) is 2.70. The lowest BCUT2D eigenvalue weighted by atomic mass is 9.62. The highest BCUT2D eigenvalue weighted by atomic mass is 16.5. The number of esters is 1. The zero-order chi connectivity index (χ0) is 13.3. The largest absolute Gasteiger partial charge is 0.469 e. The first kappa shape index (κ1) is 13.1. The third-order valence-corrected chi connectivity index (χ3v) is 4.32. The van der Waals surface area contributed by atoms with Gasteiger partial charge in [0, 0.05) is 6.04 Å². The number of hydrogen-bond acceptors (Lipinski definition) is 3. The van der Waals surface area contributed by atoms with Gasteiger partial charge in [0.25, 0.3) is 0 Å². The van der Waals surface area contributed by atoms with Gasteiger partial charge in [0.1, 0.15) is 0 Å². The van der Waals surface area contributed by atoms with Crippen LogP contribution in [0, 0.1) is 19.3 Å². The Balaban J connectivity index is 2.31. The Morgan fingerprint density at radius 1 is 1.33 bits per heavy atom. The van der Waals surface area contributed by atoms with Crippen LogP contribution in [0.5, 0.6) is 0 Å². The van der Waals surface area contributed by atoms with E-state index in [9.17, 15) is 4.79 Å². The first-order valence-electron chi connectivity index (χ1n) is 6.42. The number of carbonyl (C=O) groups excluding carboxylic acids is 1. The summed E-state index contributed by atoms with van der Waals surface area (Å²) in [4.78, 5) is 12.0. The number of aryl methyl sites for hydroxylation is 2. The van der Waals surface area contributed by atoms with Crippen molar-refractivity contribution in [2.45, 2.75) is 39.2 Å². The van der Waals surface area contributed by atoms with Crippen molar-refractivity contribution in [2.75, 3.05) is 7.11 Å². The minimum absolute atomic E-state index is 0.167. The molecule has 1 aliphatic rings. The smallest absolute Gasteiger partial charge is 0.313 e. The molecular weight excluding hydrogens is 226 g/mol. The molecule has 1 aromatic carbocycles. The highest BCUT2D eigenvalue weighted by molar-refractivity contribution is 5.79. The van der Waals surface area contributed by atoms with E-state index in [-0.39, 0.29) is 12.0 Å². The Morgan fingerprint density at radius 2 is 2.00 bits per heavy atom. The predicted molar refractivity (Wildman–Crippen MR) is 71.1 cm³/mol. The Kier molecular flexibility index (Phi) is 3.44. The second-order valence-electron chi connectivity index (χ2n) is 5.32. The van der Waals surface area contributed by atoms with Crippen molar-refractivity contribution in [1.29, 1.82) is 0 Å². The van der Waals surface area contributed by atoms with E-state index in [1.165, 1.54) is 18.2 Å². The van der Waals surface area contributed by atoms with Gasteiger partial charge in [0.05, 0.1) is 12.5 Å². The molecule has 2 rings (SSSR count). The number of nitrogens with two attached hydrogens (primary N) is 1. The fourth-order valence-corrected chi connectivity index (χ4v) is 2.68. The topological polar surface area (TPSA) is 52.3 Å². The monoisotopic (exact) mass is 247 g/mol. The molecule has 1 fully saturated rings. The van der Waals surface area contributed by atoms with Gasteiger partial charge in [-0.1, -0.05) is 24.6 Å². The summed E-state index contributed by atoms with van der Waals surface area (Å²) in [6.45, 7) is 4.14. The predicted octanol–water partition coefficient (Wildman–Crippen LogP) is 2.65. The van der Waals surface area contributed by atoms with E-state index in [4.69, 9.17) is 10.5 Å². The van der Waals surface area contributed by atoms with E-state index >= 15 is 0 Å². The molecule has 0 aliphatic heterocycles. The summed E-state index contributed by atoms with van der Waals surface area (Å²) in [5, 5.41) is 0. The first-order chi connectivity index (χ1) is 8.51. The Bertz CT molecular complexity index is 464. The Labute approximate surface area is 108 Å². The van der Waals surface area contributed by atoms with Crippen molar-refractivity contribution in [3.8, 4) is 0 Å². The molecule has 1 aliphatic carbocycles. The van der Waals surface area contributed by atoms with Gasteiger partial charge in [-0.05, 0) is 43.4 Å². The number of hydrogen-bond donors (Lipinski definition) is 1. The van der Waals surface area contributed by atoms with E-state index in [0.717, 1.165) is 24.8 Å². The molecule has 2 N–H and O–H groups in total. The third kappa shape index (κ3) is 1.93. The standard InChI is InChI=1S/C15H21NO2/c1-10-5-6-12(9-11(10)2)13(16)15(7-4-8-15)14(17)18-3/h5-6,9,13H,4,7-8,16H2,1-3H3. The molecule has 98 valence electrons. The molecule has 3 heteroatoms. The zero-order valence-electron chi connectivity index (χ0n) is 11.3. The zero-order valence-corrected chi connectivity index (χ0v) is 11.3. The lowest BCUT2D eigenvalue weighted by molar-refractivity contribution is -0.160. The Morgan fingerprint density at radius 3 is 2.44 bits per heavy atom. The minimum atomic E-state index is -0.504. The van der Waals surface area contributed by atoms with Gasteiger partial charge in [-0.25, -0.2) is 0 Å². The molecular formula is C15H21NO2. The highest BCUT2D eigenvalue weighted by Gasteiger charge is 2.50. The number of rotatable bonds is 3. The third-order valence-electron chi connectivity index (χ3n) is 4.32. The molecule has 0 spiro atoms. The average Bonchev–Trinajstić information content (AvgIpc) is 2.30. The van der Waals surface area contributed by atoms with Crippen LogP contribution in [0.1, 0.15) is 42.0 Å². The molecule has 0 bridgehead atoms. The van der Waals surface area contributed by atoms with Crippen LogP contribution in [0.4, 0.5) is 0 Å². The van der Waals surface area contributed by atoms with E-state index in [0.29, 0.717) is 0 Å². The van der Waals surface area contributed by atoms with E-state index in [2.05, 4.69) is 26.0 Å². The van der Waals surface area contributed by atoms with E-state index < -0.39 is 5.41 Å². The summed E-state index contributed by atoms with van der Waals surface area (Å²) in [5.41, 5.74) is 9.31. The molecule has 0 aromatic heterocycles. The maximum atomic E-state index is 12.0. The minimum Gasteiger partial charge on any atom is -0.469 e. The number of ether oxygens (including phenoxy) is 1. The van der Waals surface area contributed by atoms with Gasteiger partial charge in [-0.2, -0.15) is 0 Å². The van der Waals surface area contributed by atoms with Crippen LogP contribution in [-0.4, -0.2) is 13.1 Å². The number of carbonyl (C=O) groups is 1. The van der Waals surface area contributed by atoms with Gasteiger partial charge in [0.15, 0.2) is 0 Å². The van der Waals surface area contributed by atoms with Crippen LogP contribution in [-0.2, 0) is 9.53 Å². The molecule has 1 unspecified atom stereocenters. The molecule has 0 radical (unpaired) electrons. The maximum Gasteiger partial charge on any atom is 0.313 e. The van der Waals surface area contributed by atoms with Gasteiger partial charge in [-0.3, -0.25) is 4.79 Å². The van der Waals surface area contributed by atoms with Crippen molar-refractivity contribution in [1.82, 2.24) is 0 Å². The maximum absolute atomic E-state index is 12.0. The molecule has 3 nitrogen and oxygen atoms in total. The van der Waals surface area contributed by atoms with E-state index in [1.54, 1.807) is 0 Å². The lowest BCUT2D eigenvalue weighted by Gasteiger charge is -2.43.